The summed E-state index contributed by atoms with van der Waals surface area (Å²) in [6.45, 7) is 2.55. The number of amides is 1. The van der Waals surface area contributed by atoms with Crippen molar-refractivity contribution in [2.75, 3.05) is 13.1 Å². The van der Waals surface area contributed by atoms with Crippen molar-refractivity contribution in [2.24, 2.45) is 0 Å². The summed E-state index contributed by atoms with van der Waals surface area (Å²) in [5.74, 6) is -1.39. The zero-order chi connectivity index (χ0) is 22.2. The van der Waals surface area contributed by atoms with Crippen LogP contribution in [0.4, 0.5) is 17.6 Å². The number of carbonyl (C=O) groups excluding carboxylic acids is 1. The summed E-state index contributed by atoms with van der Waals surface area (Å²) in [5.41, 5.74) is -0.486. The Hall–Kier alpha value is -3.31. The third-order valence-electron chi connectivity index (χ3n) is 5.23. The van der Waals surface area contributed by atoms with E-state index in [-0.39, 0.29) is 35.5 Å². The van der Waals surface area contributed by atoms with E-state index in [1.165, 1.54) is 0 Å². The van der Waals surface area contributed by atoms with Crippen LogP contribution in [0.2, 0.25) is 0 Å². The number of aromatic nitrogens is 4. The number of nitrogens with zero attached hydrogens (tertiary/aromatic N) is 5. The summed E-state index contributed by atoms with van der Waals surface area (Å²) in [5, 5.41) is 11.0. The zero-order valence-electron chi connectivity index (χ0n) is 16.3. The standard InChI is InChI=1S/C19H17F4N5O3/c1-10-15(26-31-25-10)9-16(29)28-6-4-11(5-7-28)18-24-17(27-30-18)13-3-2-12(20)8-14(13)19(21,22)23/h2-3,8,11H,4-7,9H2,1H3. The molecule has 1 aliphatic heterocycles. The third-order valence-corrected chi connectivity index (χ3v) is 5.23. The van der Waals surface area contributed by atoms with Crippen LogP contribution in [0.3, 0.4) is 0 Å². The number of benzene rings is 1. The molecular formula is C19H17F4N5O3. The predicted molar refractivity (Wildman–Crippen MR) is 96.0 cm³/mol. The van der Waals surface area contributed by atoms with Crippen LogP contribution in [-0.4, -0.2) is 44.4 Å². The fourth-order valence-corrected chi connectivity index (χ4v) is 3.50. The van der Waals surface area contributed by atoms with Crippen LogP contribution in [0.25, 0.3) is 11.4 Å². The van der Waals surface area contributed by atoms with Gasteiger partial charge >= 0.3 is 6.18 Å². The molecule has 0 atom stereocenters. The fraction of sp³-hybridized carbons (Fsp3) is 0.421. The van der Waals surface area contributed by atoms with Gasteiger partial charge in [-0.1, -0.05) is 15.5 Å². The minimum atomic E-state index is -4.76. The normalized spacial score (nSPS) is 15.5. The van der Waals surface area contributed by atoms with E-state index in [2.05, 4.69) is 25.1 Å². The molecule has 0 N–H and O–H groups in total. The molecule has 0 spiro atoms. The van der Waals surface area contributed by atoms with Gasteiger partial charge in [0.15, 0.2) is 0 Å². The van der Waals surface area contributed by atoms with Crippen LogP contribution in [0.1, 0.15) is 41.6 Å². The molecule has 1 amide bonds. The van der Waals surface area contributed by atoms with Crippen LogP contribution in [0.5, 0.6) is 0 Å². The molecule has 12 heteroatoms. The van der Waals surface area contributed by atoms with Crippen molar-refractivity contribution in [3.63, 3.8) is 0 Å². The molecule has 164 valence electrons. The minimum Gasteiger partial charge on any atom is -0.342 e. The van der Waals surface area contributed by atoms with Crippen molar-refractivity contribution in [2.45, 2.75) is 38.3 Å². The molecule has 31 heavy (non-hydrogen) atoms. The van der Waals surface area contributed by atoms with Gasteiger partial charge in [-0.15, -0.1) is 0 Å². The first-order chi connectivity index (χ1) is 14.7. The molecule has 1 fully saturated rings. The van der Waals surface area contributed by atoms with Gasteiger partial charge in [0.1, 0.15) is 17.2 Å². The Balaban J connectivity index is 1.43. The average Bonchev–Trinajstić information content (AvgIpc) is 3.37. The van der Waals surface area contributed by atoms with Crippen LogP contribution in [0, 0.1) is 12.7 Å². The Morgan fingerprint density at radius 3 is 2.58 bits per heavy atom. The van der Waals surface area contributed by atoms with Crippen LogP contribution < -0.4 is 0 Å². The minimum absolute atomic E-state index is 0.0789. The van der Waals surface area contributed by atoms with E-state index in [1.807, 2.05) is 0 Å². The second kappa shape index (κ2) is 8.08. The quantitative estimate of drug-likeness (QED) is 0.574. The van der Waals surface area contributed by atoms with Gasteiger partial charge in [0.05, 0.1) is 12.0 Å². The lowest BCUT2D eigenvalue weighted by atomic mass is 9.96. The van der Waals surface area contributed by atoms with E-state index < -0.39 is 17.6 Å². The molecule has 0 saturated carbocycles. The van der Waals surface area contributed by atoms with Crippen molar-refractivity contribution < 1.29 is 31.5 Å². The molecule has 1 saturated heterocycles. The Morgan fingerprint density at radius 1 is 1.19 bits per heavy atom. The monoisotopic (exact) mass is 439 g/mol. The van der Waals surface area contributed by atoms with Gasteiger partial charge in [0.2, 0.25) is 17.6 Å². The molecule has 0 aliphatic carbocycles. The molecule has 0 unspecified atom stereocenters. The van der Waals surface area contributed by atoms with Gasteiger partial charge in [0, 0.05) is 24.6 Å². The van der Waals surface area contributed by atoms with Crippen LogP contribution >= 0.6 is 0 Å². The van der Waals surface area contributed by atoms with Crippen molar-refractivity contribution in [1.29, 1.82) is 0 Å². The molecule has 4 rings (SSSR count). The smallest absolute Gasteiger partial charge is 0.342 e. The highest BCUT2D eigenvalue weighted by atomic mass is 19.4. The highest BCUT2D eigenvalue weighted by Gasteiger charge is 2.36. The Morgan fingerprint density at radius 2 is 1.94 bits per heavy atom. The predicted octanol–water partition coefficient (Wildman–Crippen LogP) is 3.53. The molecule has 8 nitrogen and oxygen atoms in total. The highest BCUT2D eigenvalue weighted by Crippen LogP contribution is 2.37. The molecule has 0 radical (unpaired) electrons. The molecule has 3 aromatic rings. The van der Waals surface area contributed by atoms with Crippen molar-refractivity contribution in [3.8, 4) is 11.4 Å². The Bertz CT molecular complexity index is 1090. The van der Waals surface area contributed by atoms with Crippen LogP contribution in [0.15, 0.2) is 27.4 Å². The number of piperidine rings is 1. The van der Waals surface area contributed by atoms with E-state index in [0.717, 1.165) is 12.1 Å². The summed E-state index contributed by atoms with van der Waals surface area (Å²) in [6.07, 6.45) is -3.66. The second-order valence-electron chi connectivity index (χ2n) is 7.27. The van der Waals surface area contributed by atoms with Gasteiger partial charge in [-0.3, -0.25) is 4.79 Å². The SMILES string of the molecule is Cc1nonc1CC(=O)N1CCC(c2nc(-c3ccc(F)cc3C(F)(F)F)no2)CC1. The lowest BCUT2D eigenvalue weighted by Crippen LogP contribution is -2.39. The average molecular weight is 439 g/mol. The number of halogens is 4. The van der Waals surface area contributed by atoms with E-state index in [1.54, 1.807) is 11.8 Å². The van der Waals surface area contributed by atoms with E-state index in [0.29, 0.717) is 43.4 Å². The lowest BCUT2D eigenvalue weighted by Gasteiger charge is -2.30. The second-order valence-corrected chi connectivity index (χ2v) is 7.27. The van der Waals surface area contributed by atoms with Gasteiger partial charge < -0.3 is 9.42 Å². The molecule has 3 heterocycles. The molecule has 1 aliphatic rings. The number of aryl methyl sites for hydroxylation is 1. The largest absolute Gasteiger partial charge is 0.417 e. The summed E-state index contributed by atoms with van der Waals surface area (Å²) in [6, 6.07) is 2.30. The fourth-order valence-electron chi connectivity index (χ4n) is 3.50. The van der Waals surface area contributed by atoms with E-state index in [9.17, 15) is 22.4 Å². The first-order valence-corrected chi connectivity index (χ1v) is 9.49. The highest BCUT2D eigenvalue weighted by molar-refractivity contribution is 5.78. The number of alkyl halides is 3. The summed E-state index contributed by atoms with van der Waals surface area (Å²) in [4.78, 5) is 18.2. The zero-order valence-corrected chi connectivity index (χ0v) is 16.3. The Labute approximate surface area is 173 Å². The Kier molecular flexibility index (Phi) is 5.46. The number of rotatable bonds is 4. The first kappa shape index (κ1) is 20.9. The molecule has 2 aromatic heterocycles. The number of carbonyl (C=O) groups is 1. The topological polar surface area (TPSA) is 98.2 Å². The van der Waals surface area contributed by atoms with E-state index in [4.69, 9.17) is 4.52 Å². The van der Waals surface area contributed by atoms with Gasteiger partial charge in [-0.2, -0.15) is 18.2 Å². The molecular weight excluding hydrogens is 422 g/mol. The van der Waals surface area contributed by atoms with Crippen molar-refractivity contribution >= 4 is 5.91 Å². The van der Waals surface area contributed by atoms with Gasteiger partial charge in [-0.05, 0) is 38.0 Å². The number of likely N-dealkylation sites (tertiary alicyclic amines) is 1. The van der Waals surface area contributed by atoms with Gasteiger partial charge in [0.25, 0.3) is 0 Å². The maximum absolute atomic E-state index is 13.3. The van der Waals surface area contributed by atoms with Crippen LogP contribution in [-0.2, 0) is 17.4 Å². The van der Waals surface area contributed by atoms with Crippen molar-refractivity contribution in [1.82, 2.24) is 25.4 Å². The molecule has 0 bridgehead atoms. The van der Waals surface area contributed by atoms with Gasteiger partial charge in [-0.25, -0.2) is 9.02 Å². The number of hydrogen-bond donors (Lipinski definition) is 0. The third kappa shape index (κ3) is 4.42. The first-order valence-electron chi connectivity index (χ1n) is 9.49. The number of hydrogen-bond acceptors (Lipinski definition) is 7. The lowest BCUT2D eigenvalue weighted by molar-refractivity contribution is -0.137. The van der Waals surface area contributed by atoms with E-state index >= 15 is 0 Å². The summed E-state index contributed by atoms with van der Waals surface area (Å²) < 4.78 is 62.9. The van der Waals surface area contributed by atoms with Crippen molar-refractivity contribution in [3.05, 3.63) is 46.9 Å². The summed E-state index contributed by atoms with van der Waals surface area (Å²) in [7, 11) is 0. The molecule has 1 aromatic carbocycles. The maximum Gasteiger partial charge on any atom is 0.417 e. The summed E-state index contributed by atoms with van der Waals surface area (Å²) >= 11 is 0. The maximum atomic E-state index is 13.3.